The lowest BCUT2D eigenvalue weighted by atomic mass is 10.0. The van der Waals surface area contributed by atoms with Gasteiger partial charge >= 0.3 is 15.6 Å². The van der Waals surface area contributed by atoms with E-state index in [1.54, 1.807) is 0 Å². The maximum Gasteiger partial charge on any atom is 0.478 e. The van der Waals surface area contributed by atoms with Gasteiger partial charge in [0.25, 0.3) is 0 Å². The molecule has 0 heterocycles. The molecule has 0 spiro atoms. The average molecular weight is 360 g/mol. The summed E-state index contributed by atoms with van der Waals surface area (Å²) in [5.41, 5.74) is 1.47. The number of hydrogen-bond donors (Lipinski definition) is 4. The van der Waals surface area contributed by atoms with Gasteiger partial charge in [0.2, 0.25) is 0 Å². The van der Waals surface area contributed by atoms with Gasteiger partial charge < -0.3 is 19.6 Å². The average Bonchev–Trinajstić information content (AvgIpc) is 2.45. The van der Waals surface area contributed by atoms with Crippen LogP contribution in [0.25, 0.3) is 0 Å². The SMILES string of the molecule is O=C(c1ccccc1)c1ccccc1.O=P(O)(O)OP(=O)(O)O. The van der Waals surface area contributed by atoms with E-state index in [0.29, 0.717) is 0 Å². The normalized spacial score (nSPS) is 11.3. The fourth-order valence-electron chi connectivity index (χ4n) is 1.48. The van der Waals surface area contributed by atoms with E-state index in [-0.39, 0.29) is 5.78 Å². The Bertz CT molecular complexity index is 659. The molecule has 4 N–H and O–H groups in total. The molecule has 0 fully saturated rings. The van der Waals surface area contributed by atoms with Crippen molar-refractivity contribution >= 4 is 21.4 Å². The van der Waals surface area contributed by atoms with Crippen LogP contribution in [0, 0.1) is 0 Å². The number of hydrogen-bond acceptors (Lipinski definition) is 4. The smallest absolute Gasteiger partial charge is 0.302 e. The molecule has 0 radical (unpaired) electrons. The molecule has 0 aliphatic heterocycles. The molecule has 0 amide bonds. The van der Waals surface area contributed by atoms with E-state index in [4.69, 9.17) is 19.6 Å². The van der Waals surface area contributed by atoms with Crippen LogP contribution in [0.2, 0.25) is 0 Å². The molecule has 0 aliphatic rings. The van der Waals surface area contributed by atoms with Gasteiger partial charge in [-0.25, -0.2) is 9.13 Å². The van der Waals surface area contributed by atoms with Gasteiger partial charge in [0.1, 0.15) is 0 Å². The van der Waals surface area contributed by atoms with E-state index in [1.807, 2.05) is 60.7 Å². The van der Waals surface area contributed by atoms with Gasteiger partial charge in [-0.2, -0.15) is 4.31 Å². The van der Waals surface area contributed by atoms with E-state index in [9.17, 15) is 13.9 Å². The van der Waals surface area contributed by atoms with E-state index >= 15 is 0 Å². The Hall–Kier alpha value is -1.63. The van der Waals surface area contributed by atoms with Crippen molar-refractivity contribution < 1.29 is 37.8 Å². The maximum atomic E-state index is 11.8. The summed E-state index contributed by atoms with van der Waals surface area (Å²) < 4.78 is 22.2. The first kappa shape index (κ1) is 19.4. The minimum atomic E-state index is -5.05. The molecular weight excluding hydrogens is 346 g/mol. The first-order valence-corrected chi connectivity index (χ1v) is 9.12. The minimum absolute atomic E-state index is 0.0752. The van der Waals surface area contributed by atoms with Crippen molar-refractivity contribution in [1.29, 1.82) is 0 Å². The maximum absolute atomic E-state index is 11.8. The molecular formula is C13H14O8P2. The molecule has 8 nitrogen and oxygen atoms in total. The van der Waals surface area contributed by atoms with Gasteiger partial charge in [0.15, 0.2) is 5.78 Å². The summed E-state index contributed by atoms with van der Waals surface area (Å²) in [4.78, 5) is 42.8. The van der Waals surface area contributed by atoms with Gasteiger partial charge in [-0.15, -0.1) is 0 Å². The molecule has 2 rings (SSSR count). The van der Waals surface area contributed by atoms with Crippen molar-refractivity contribution in [3.8, 4) is 0 Å². The summed E-state index contributed by atoms with van der Waals surface area (Å²) in [7, 11) is -10.1. The lowest BCUT2D eigenvalue weighted by molar-refractivity contribution is 0.103. The molecule has 0 atom stereocenters. The Balaban J connectivity index is 0.000000257. The minimum Gasteiger partial charge on any atom is -0.302 e. The highest BCUT2D eigenvalue weighted by Crippen LogP contribution is 2.53. The zero-order valence-corrected chi connectivity index (χ0v) is 13.4. The van der Waals surface area contributed by atoms with Crippen LogP contribution in [0.3, 0.4) is 0 Å². The van der Waals surface area contributed by atoms with E-state index < -0.39 is 15.6 Å². The number of benzene rings is 2. The van der Waals surface area contributed by atoms with Gasteiger partial charge in [-0.3, -0.25) is 4.79 Å². The third kappa shape index (κ3) is 8.54. The molecule has 0 saturated heterocycles. The van der Waals surface area contributed by atoms with Crippen LogP contribution in [0.5, 0.6) is 0 Å². The summed E-state index contributed by atoms with van der Waals surface area (Å²) in [6.07, 6.45) is 0. The standard InChI is InChI=1S/C13H10O.H4O7P2/c14-13(11-7-3-1-4-8-11)12-9-5-2-6-10-12;1-8(2,3)7-9(4,5)6/h1-10H;(H2,1,2,3)(H2,4,5,6). The number of phosphoric acid groups is 2. The van der Waals surface area contributed by atoms with Crippen molar-refractivity contribution in [2.24, 2.45) is 0 Å². The predicted octanol–water partition coefficient (Wildman–Crippen LogP) is 2.11. The molecule has 0 saturated carbocycles. The Labute approximate surface area is 131 Å². The highest BCUT2D eigenvalue weighted by molar-refractivity contribution is 7.60. The lowest BCUT2D eigenvalue weighted by Crippen LogP contribution is -1.99. The topological polar surface area (TPSA) is 141 Å². The number of carbonyl (C=O) groups is 1. The zero-order chi connectivity index (χ0) is 17.5. The van der Waals surface area contributed by atoms with E-state index in [1.165, 1.54) is 0 Å². The highest BCUT2D eigenvalue weighted by Gasteiger charge is 2.27. The van der Waals surface area contributed by atoms with Gasteiger partial charge in [-0.05, 0) is 0 Å². The monoisotopic (exact) mass is 360 g/mol. The summed E-state index contributed by atoms with van der Waals surface area (Å²) in [6.45, 7) is 0. The number of rotatable bonds is 4. The van der Waals surface area contributed by atoms with Crippen LogP contribution in [-0.4, -0.2) is 25.4 Å². The quantitative estimate of drug-likeness (QED) is 0.480. The second-order valence-corrected chi connectivity index (χ2v) is 6.74. The van der Waals surface area contributed by atoms with Crippen molar-refractivity contribution in [2.45, 2.75) is 0 Å². The molecule has 0 aromatic heterocycles. The third-order valence-electron chi connectivity index (χ3n) is 2.28. The fraction of sp³-hybridized carbons (Fsp3) is 0. The summed E-state index contributed by atoms with van der Waals surface area (Å²) >= 11 is 0. The van der Waals surface area contributed by atoms with Gasteiger partial charge in [-0.1, -0.05) is 60.7 Å². The molecule has 2 aromatic carbocycles. The first-order chi connectivity index (χ1) is 10.6. The molecule has 23 heavy (non-hydrogen) atoms. The van der Waals surface area contributed by atoms with Crippen LogP contribution >= 0.6 is 15.6 Å². The van der Waals surface area contributed by atoms with Crippen molar-refractivity contribution in [3.63, 3.8) is 0 Å². The van der Waals surface area contributed by atoms with Crippen molar-refractivity contribution in [2.75, 3.05) is 0 Å². The second-order valence-electron chi connectivity index (χ2n) is 4.12. The van der Waals surface area contributed by atoms with Crippen molar-refractivity contribution in [1.82, 2.24) is 0 Å². The molecule has 0 aliphatic carbocycles. The van der Waals surface area contributed by atoms with Crippen LogP contribution in [0.4, 0.5) is 0 Å². The number of carbonyl (C=O) groups excluding carboxylic acids is 1. The summed E-state index contributed by atoms with van der Waals surface area (Å²) in [5, 5.41) is 0. The van der Waals surface area contributed by atoms with Gasteiger partial charge in [0, 0.05) is 11.1 Å². The summed E-state index contributed by atoms with van der Waals surface area (Å²) in [5.74, 6) is 0.0752. The Morgan fingerprint density at radius 2 is 1.00 bits per heavy atom. The van der Waals surface area contributed by atoms with Crippen LogP contribution in [-0.2, 0) is 13.4 Å². The molecule has 0 bridgehead atoms. The van der Waals surface area contributed by atoms with Crippen LogP contribution in [0.1, 0.15) is 15.9 Å². The Morgan fingerprint density at radius 1 is 0.696 bits per heavy atom. The zero-order valence-electron chi connectivity index (χ0n) is 11.6. The van der Waals surface area contributed by atoms with Gasteiger partial charge in [0.05, 0.1) is 0 Å². The molecule has 2 aromatic rings. The molecule has 124 valence electrons. The van der Waals surface area contributed by atoms with Crippen LogP contribution in [0.15, 0.2) is 60.7 Å². The fourth-order valence-corrected chi connectivity index (χ4v) is 2.59. The Morgan fingerprint density at radius 3 is 1.22 bits per heavy atom. The van der Waals surface area contributed by atoms with Crippen LogP contribution < -0.4 is 0 Å². The van der Waals surface area contributed by atoms with Crippen molar-refractivity contribution in [3.05, 3.63) is 71.8 Å². The second kappa shape index (κ2) is 8.29. The lowest BCUT2D eigenvalue weighted by Gasteiger charge is -2.03. The Kier molecular flexibility index (Phi) is 7.00. The van der Waals surface area contributed by atoms with E-state index in [2.05, 4.69) is 4.31 Å². The largest absolute Gasteiger partial charge is 0.478 e. The molecule has 10 heteroatoms. The molecule has 0 unspecified atom stereocenters. The highest BCUT2D eigenvalue weighted by atomic mass is 31.3. The predicted molar refractivity (Wildman–Crippen MR) is 81.5 cm³/mol. The van der Waals surface area contributed by atoms with E-state index in [0.717, 1.165) is 11.1 Å². The third-order valence-corrected chi connectivity index (χ3v) is 3.99. The first-order valence-electron chi connectivity index (χ1n) is 6.06. The number of ketones is 1. The summed E-state index contributed by atoms with van der Waals surface area (Å²) in [6, 6.07) is 18.6.